The first-order valence-electron chi connectivity index (χ1n) is 20.0. The van der Waals surface area contributed by atoms with Gasteiger partial charge in [0, 0.05) is 42.6 Å². The first-order chi connectivity index (χ1) is 27.9. The van der Waals surface area contributed by atoms with E-state index in [0.717, 1.165) is 82.0 Å². The number of fused-ring (bicyclic) bond motifs is 7. The quantitative estimate of drug-likeness (QED) is 0.123. The normalized spacial score (nSPS) is 12.5. The molecule has 0 aliphatic rings. The molecule has 0 atom stereocenters. The van der Waals surface area contributed by atoms with Gasteiger partial charge in [-0.3, -0.25) is 4.98 Å². The molecule has 1 radical (unpaired) electrons. The Hall–Kier alpha value is -5.34. The molecule has 0 saturated heterocycles. The molecule has 10 aromatic rings. The zero-order chi connectivity index (χ0) is 40.3. The second-order valence-corrected chi connectivity index (χ2v) is 26.1. The zero-order valence-electron chi connectivity index (χ0n) is 34.6. The molecule has 0 fully saturated rings. The molecular weight excluding hydrogens is 941 g/mol. The number of furan rings is 2. The fourth-order valence-electron chi connectivity index (χ4n) is 7.38. The van der Waals surface area contributed by atoms with Gasteiger partial charge in [0.25, 0.3) is 0 Å². The Bertz CT molecular complexity index is 3150. The second kappa shape index (κ2) is 15.5. The monoisotopic (exact) mass is 987 g/mol. The molecule has 0 spiro atoms. The number of pyridine rings is 2. The molecule has 0 bridgehead atoms. The van der Waals surface area contributed by atoms with Crippen molar-refractivity contribution in [3.63, 3.8) is 0 Å². The first-order valence-corrected chi connectivity index (χ1v) is 26.3. The van der Waals surface area contributed by atoms with Crippen molar-refractivity contribution in [1.29, 1.82) is 0 Å². The van der Waals surface area contributed by atoms with Crippen LogP contribution in [0, 0.1) is 25.0 Å². The van der Waals surface area contributed by atoms with Crippen LogP contribution in [0.5, 0.6) is 0 Å². The van der Waals surface area contributed by atoms with Crippen molar-refractivity contribution in [2.24, 2.45) is 5.92 Å². The fraction of sp³-hybridized carbons (Fsp3) is 0.163. The van der Waals surface area contributed by atoms with Gasteiger partial charge in [-0.15, -0.1) is 35.9 Å². The molecule has 6 nitrogen and oxygen atoms in total. The number of aryl methyl sites for hydroxylation is 1. The minimum atomic E-state index is -2.34. The van der Waals surface area contributed by atoms with Crippen LogP contribution in [0.3, 0.4) is 0 Å². The Balaban J connectivity index is 0.000000162. The summed E-state index contributed by atoms with van der Waals surface area (Å²) < 4.78 is 33.1. The Morgan fingerprint density at radius 1 is 0.754 bits per heavy atom. The van der Waals surface area contributed by atoms with Gasteiger partial charge in [-0.05, 0) is 30.3 Å². The predicted octanol–water partition coefficient (Wildman–Crippen LogP) is 12.3. The smallest absolute Gasteiger partial charge is 0.137 e. The van der Waals surface area contributed by atoms with Crippen LogP contribution in [0.15, 0.2) is 136 Å². The first kappa shape index (κ1) is 36.0. The van der Waals surface area contributed by atoms with E-state index in [0.29, 0.717) is 17.0 Å². The maximum absolute atomic E-state index is 8.80. The van der Waals surface area contributed by atoms with E-state index in [9.17, 15) is 0 Å². The molecule has 5 aromatic carbocycles. The van der Waals surface area contributed by atoms with Gasteiger partial charge in [0.15, 0.2) is 0 Å². The third kappa shape index (κ3) is 7.36. The molecule has 57 heavy (non-hydrogen) atoms. The molecule has 5 heterocycles. The predicted molar refractivity (Wildman–Crippen MR) is 232 cm³/mol. The maximum Gasteiger partial charge on any atom is 0.137 e. The van der Waals surface area contributed by atoms with Crippen LogP contribution in [0.1, 0.15) is 27.8 Å². The number of nitrogens with zero attached hydrogens (tertiary/aromatic N) is 4. The summed E-state index contributed by atoms with van der Waals surface area (Å²) in [5, 5.41) is 4.19. The number of para-hydroxylation sites is 3. The topological polar surface area (TPSA) is 69.9 Å². The summed E-state index contributed by atoms with van der Waals surface area (Å²) >= 11 is -2.34. The van der Waals surface area contributed by atoms with Gasteiger partial charge in [0.1, 0.15) is 11.2 Å². The number of rotatable bonds is 6. The molecule has 0 amide bonds. The molecule has 10 rings (SSSR count). The van der Waals surface area contributed by atoms with Crippen molar-refractivity contribution in [2.75, 3.05) is 0 Å². The molecule has 285 valence electrons. The maximum atomic E-state index is 8.80. The van der Waals surface area contributed by atoms with E-state index < -0.39 is 19.6 Å². The van der Waals surface area contributed by atoms with E-state index in [2.05, 4.69) is 69.3 Å². The molecule has 8 heteroatoms. The van der Waals surface area contributed by atoms with Gasteiger partial charge in [0.2, 0.25) is 0 Å². The summed E-state index contributed by atoms with van der Waals surface area (Å²) in [6.07, 6.45) is 0.453. The number of benzene rings is 5. The second-order valence-electron chi connectivity index (χ2n) is 15.5. The summed E-state index contributed by atoms with van der Waals surface area (Å²) in [6.45, 7) is 5.80. The van der Waals surface area contributed by atoms with Crippen LogP contribution in [0.4, 0.5) is 0 Å². The number of hydrogen-bond acceptors (Lipinski definition) is 5. The summed E-state index contributed by atoms with van der Waals surface area (Å²) in [5.74, 6) is 7.55. The summed E-state index contributed by atoms with van der Waals surface area (Å²) in [7, 11) is 0. The number of aromatic nitrogens is 4. The molecular formula is C49H42GeIrN4O2-2. The molecule has 0 aliphatic carbocycles. The molecule has 0 unspecified atom stereocenters. The molecule has 0 aliphatic heterocycles. The minimum absolute atomic E-state index is 0. The average molecular weight is 986 g/mol. The van der Waals surface area contributed by atoms with E-state index in [-0.39, 0.29) is 26.0 Å². The molecule has 5 aromatic heterocycles. The van der Waals surface area contributed by atoms with Crippen LogP contribution in [0.25, 0.3) is 83.4 Å². The number of hydrogen-bond donors (Lipinski definition) is 0. The Labute approximate surface area is 351 Å². The van der Waals surface area contributed by atoms with Crippen molar-refractivity contribution in [3.05, 3.63) is 151 Å². The third-order valence-electron chi connectivity index (χ3n) is 9.98. The average Bonchev–Trinajstić information content (AvgIpc) is 3.91. The van der Waals surface area contributed by atoms with E-state index in [1.165, 1.54) is 0 Å². The van der Waals surface area contributed by atoms with Gasteiger partial charge in [-0.25, -0.2) is 0 Å². The Morgan fingerprint density at radius 3 is 2.33 bits per heavy atom. The van der Waals surface area contributed by atoms with Crippen LogP contribution in [-0.4, -0.2) is 32.8 Å². The summed E-state index contributed by atoms with van der Waals surface area (Å²) in [4.78, 5) is 14.2. The van der Waals surface area contributed by atoms with E-state index in [4.69, 9.17) is 21.5 Å². The zero-order valence-corrected chi connectivity index (χ0v) is 37.1. The molecule has 0 saturated carbocycles. The molecule has 0 N–H and O–H groups in total. The third-order valence-corrected chi connectivity index (χ3v) is 14.2. The minimum Gasteiger partial charge on any atom is -0.456 e. The number of imidazole rings is 1. The van der Waals surface area contributed by atoms with Gasteiger partial charge in [0.05, 0.1) is 16.9 Å². The van der Waals surface area contributed by atoms with Crippen molar-refractivity contribution >= 4 is 72.7 Å². The fourth-order valence-corrected chi connectivity index (χ4v) is 10.3. The van der Waals surface area contributed by atoms with Crippen LogP contribution in [0.2, 0.25) is 17.3 Å². The van der Waals surface area contributed by atoms with Crippen LogP contribution in [-0.2, 0) is 26.5 Å². The van der Waals surface area contributed by atoms with Gasteiger partial charge in [-0.2, -0.15) is 0 Å². The van der Waals surface area contributed by atoms with Crippen LogP contribution < -0.4 is 4.40 Å². The van der Waals surface area contributed by atoms with Gasteiger partial charge in [-0.1, -0.05) is 30.3 Å². The van der Waals surface area contributed by atoms with Gasteiger partial charge >= 0.3 is 172 Å². The summed E-state index contributed by atoms with van der Waals surface area (Å²) in [5.41, 5.74) is 10.2. The van der Waals surface area contributed by atoms with Crippen molar-refractivity contribution < 1.29 is 31.7 Å². The Kier molecular flexibility index (Phi) is 9.83. The van der Waals surface area contributed by atoms with E-state index in [1.807, 2.05) is 118 Å². The summed E-state index contributed by atoms with van der Waals surface area (Å²) in [6, 6.07) is 47.0. The van der Waals surface area contributed by atoms with Crippen molar-refractivity contribution in [1.82, 2.24) is 19.5 Å². The van der Waals surface area contributed by atoms with E-state index in [1.54, 1.807) is 0 Å². The standard InChI is InChI=1S/C25H15N2O.C24H27GeN2O.Ir/c1-2-8-17(9-3-1)25-26-21-11-5-6-12-22(21)27(25)18-14-15-20-19-10-4-7-13-23(19)28-24(20)16-18;1-15(2)12-17-13-22(26-14-21(17)25(4,5)6)20-9-7-8-18-19-11-10-16(3)27-24(19)28-23(18)20;/h1-8,10-16H;7-8,10-11,13-15H,12H2,1-6H3;/q2*-1;/i;12D2;. The Morgan fingerprint density at radius 2 is 1.53 bits per heavy atom. The van der Waals surface area contributed by atoms with E-state index >= 15 is 0 Å². The van der Waals surface area contributed by atoms with Crippen molar-refractivity contribution in [3.8, 4) is 28.3 Å². The van der Waals surface area contributed by atoms with Gasteiger partial charge < -0.3 is 8.98 Å². The SMILES string of the molecule is [2H]C([2H])(c1cc(-c2[c-]ccc3c2oc2nc(C)ccc23)nc[c]1[Ge]([CH3])([CH3])[CH3])C(C)C.[Ir].[c-]1ccccc1-c1nc2ccccc2n1-c1ccc2c(c1)oc1ccccc12. The van der Waals surface area contributed by atoms with Crippen LogP contribution >= 0.6 is 0 Å². The largest absolute Gasteiger partial charge is 0.456 e. The van der Waals surface area contributed by atoms with Crippen molar-refractivity contribution in [2.45, 2.75) is 44.4 Å².